The lowest BCUT2D eigenvalue weighted by Crippen LogP contribution is -2.20. The monoisotopic (exact) mass is 329 g/mol. The number of ether oxygens (including phenoxy) is 1. The maximum Gasteiger partial charge on any atom is 0.335 e. The van der Waals surface area contributed by atoms with Crippen molar-refractivity contribution in [1.29, 1.82) is 0 Å². The Kier molecular flexibility index (Phi) is 4.81. The number of nitrogens with zero attached hydrogens (tertiary/aromatic N) is 1. The van der Waals surface area contributed by atoms with E-state index in [0.29, 0.717) is 17.9 Å². The van der Waals surface area contributed by atoms with Crippen LogP contribution in [-0.4, -0.2) is 36.2 Å². The zero-order chi connectivity index (χ0) is 17.1. The van der Waals surface area contributed by atoms with Crippen LogP contribution in [0.15, 0.2) is 42.5 Å². The number of benzene rings is 2. The van der Waals surface area contributed by atoms with Crippen LogP contribution in [0.5, 0.6) is 5.75 Å². The van der Waals surface area contributed by atoms with Gasteiger partial charge in [-0.25, -0.2) is 9.18 Å². The van der Waals surface area contributed by atoms with Crippen LogP contribution in [0.4, 0.5) is 4.39 Å². The molecular weight excluding hydrogens is 309 g/mol. The van der Waals surface area contributed by atoms with Crippen LogP contribution in [-0.2, 0) is 6.54 Å². The van der Waals surface area contributed by atoms with E-state index in [4.69, 9.17) is 4.74 Å². The average Bonchev–Trinajstić information content (AvgIpc) is 3.03. The summed E-state index contributed by atoms with van der Waals surface area (Å²) < 4.78 is 18.8. The first-order valence-electron chi connectivity index (χ1n) is 7.95. The number of methoxy groups -OCH3 is 1. The van der Waals surface area contributed by atoms with Crippen LogP contribution in [0.2, 0.25) is 0 Å². The van der Waals surface area contributed by atoms with Crippen LogP contribution < -0.4 is 4.74 Å². The molecule has 0 aliphatic carbocycles. The zero-order valence-electron chi connectivity index (χ0n) is 13.5. The molecular formula is C19H20FNO3. The Hall–Kier alpha value is -2.40. The fourth-order valence-corrected chi connectivity index (χ4v) is 3.39. The molecule has 0 saturated carbocycles. The van der Waals surface area contributed by atoms with E-state index in [2.05, 4.69) is 4.90 Å². The van der Waals surface area contributed by atoms with Crippen molar-refractivity contribution in [3.8, 4) is 5.75 Å². The van der Waals surface area contributed by atoms with E-state index in [-0.39, 0.29) is 11.7 Å². The predicted octanol–water partition coefficient (Wildman–Crippen LogP) is 3.52. The largest absolute Gasteiger partial charge is 0.496 e. The molecule has 1 fully saturated rings. The third-order valence-corrected chi connectivity index (χ3v) is 4.54. The Morgan fingerprint density at radius 2 is 2.12 bits per heavy atom. The Labute approximate surface area is 140 Å². The van der Waals surface area contributed by atoms with Crippen molar-refractivity contribution >= 4 is 5.97 Å². The van der Waals surface area contributed by atoms with Crippen molar-refractivity contribution in [2.75, 3.05) is 20.2 Å². The van der Waals surface area contributed by atoms with Crippen LogP contribution in [0.25, 0.3) is 0 Å². The van der Waals surface area contributed by atoms with Gasteiger partial charge in [-0.15, -0.1) is 0 Å². The summed E-state index contributed by atoms with van der Waals surface area (Å²) >= 11 is 0. The minimum Gasteiger partial charge on any atom is -0.496 e. The molecule has 5 heteroatoms. The Morgan fingerprint density at radius 1 is 1.33 bits per heavy atom. The first-order valence-corrected chi connectivity index (χ1v) is 7.95. The Morgan fingerprint density at radius 3 is 2.88 bits per heavy atom. The fraction of sp³-hybridized carbons (Fsp3) is 0.316. The summed E-state index contributed by atoms with van der Waals surface area (Å²) in [5, 5.41) is 9.35. The topological polar surface area (TPSA) is 49.8 Å². The lowest BCUT2D eigenvalue weighted by Gasteiger charge is -2.18. The molecule has 1 atom stereocenters. The summed E-state index contributed by atoms with van der Waals surface area (Å²) in [4.78, 5) is 13.6. The van der Waals surface area contributed by atoms with Gasteiger partial charge in [0, 0.05) is 18.7 Å². The fourth-order valence-electron chi connectivity index (χ4n) is 3.39. The molecule has 126 valence electrons. The van der Waals surface area contributed by atoms with Crippen LogP contribution in [0.1, 0.15) is 33.8 Å². The highest BCUT2D eigenvalue weighted by Crippen LogP contribution is 2.31. The third kappa shape index (κ3) is 3.41. The van der Waals surface area contributed by atoms with Crippen molar-refractivity contribution in [3.05, 3.63) is 65.0 Å². The van der Waals surface area contributed by atoms with Gasteiger partial charge in [-0.2, -0.15) is 0 Å². The molecule has 1 N–H and O–H groups in total. The average molecular weight is 329 g/mol. The van der Waals surface area contributed by atoms with Gasteiger partial charge in [0.25, 0.3) is 0 Å². The number of rotatable bonds is 5. The van der Waals surface area contributed by atoms with Crippen molar-refractivity contribution in [2.45, 2.75) is 18.9 Å². The first kappa shape index (κ1) is 16.5. The number of hydrogen-bond acceptors (Lipinski definition) is 3. The molecule has 1 heterocycles. The van der Waals surface area contributed by atoms with Gasteiger partial charge in [0.2, 0.25) is 0 Å². The Balaban J connectivity index is 1.75. The molecule has 0 unspecified atom stereocenters. The quantitative estimate of drug-likeness (QED) is 0.912. The second-order valence-electron chi connectivity index (χ2n) is 6.07. The molecule has 0 aromatic heterocycles. The Bertz CT molecular complexity index is 747. The predicted molar refractivity (Wildman–Crippen MR) is 89.0 cm³/mol. The number of carbonyl (C=O) groups is 1. The third-order valence-electron chi connectivity index (χ3n) is 4.54. The van der Waals surface area contributed by atoms with E-state index in [1.165, 1.54) is 12.1 Å². The number of carboxylic acid groups (broad SMARTS) is 1. The van der Waals surface area contributed by atoms with Gasteiger partial charge in [0.15, 0.2) is 0 Å². The van der Waals surface area contributed by atoms with E-state index in [9.17, 15) is 14.3 Å². The minimum atomic E-state index is -0.893. The van der Waals surface area contributed by atoms with E-state index < -0.39 is 5.97 Å². The molecule has 1 aliphatic heterocycles. The van der Waals surface area contributed by atoms with Gasteiger partial charge in [-0.05, 0) is 48.7 Å². The SMILES string of the molecule is COc1ccc(F)cc1CN1CC[C@H](c2ccccc2C(=O)O)C1. The molecule has 3 rings (SSSR count). The summed E-state index contributed by atoms with van der Waals surface area (Å²) in [6.07, 6.45) is 0.891. The van der Waals surface area contributed by atoms with Gasteiger partial charge in [-0.1, -0.05) is 18.2 Å². The molecule has 4 nitrogen and oxygen atoms in total. The summed E-state index contributed by atoms with van der Waals surface area (Å²) in [5.74, 6) is -0.323. The summed E-state index contributed by atoms with van der Waals surface area (Å²) in [6, 6.07) is 11.7. The maximum absolute atomic E-state index is 13.5. The molecule has 1 aliphatic rings. The number of likely N-dealkylation sites (tertiary alicyclic amines) is 1. The molecule has 0 spiro atoms. The summed E-state index contributed by atoms with van der Waals surface area (Å²) in [5.41, 5.74) is 2.05. The van der Waals surface area contributed by atoms with E-state index in [0.717, 1.165) is 30.6 Å². The van der Waals surface area contributed by atoms with E-state index >= 15 is 0 Å². The number of halogens is 1. The summed E-state index contributed by atoms with van der Waals surface area (Å²) in [7, 11) is 1.58. The zero-order valence-corrected chi connectivity index (χ0v) is 13.5. The molecule has 1 saturated heterocycles. The normalized spacial score (nSPS) is 17.8. The van der Waals surface area contributed by atoms with Crippen LogP contribution >= 0.6 is 0 Å². The smallest absolute Gasteiger partial charge is 0.335 e. The molecule has 0 amide bonds. The lowest BCUT2D eigenvalue weighted by atomic mass is 9.93. The van der Waals surface area contributed by atoms with Gasteiger partial charge in [-0.3, -0.25) is 4.90 Å². The molecule has 0 bridgehead atoms. The highest BCUT2D eigenvalue weighted by Gasteiger charge is 2.27. The highest BCUT2D eigenvalue weighted by atomic mass is 19.1. The molecule has 2 aromatic carbocycles. The van der Waals surface area contributed by atoms with Crippen LogP contribution in [0.3, 0.4) is 0 Å². The van der Waals surface area contributed by atoms with Crippen molar-refractivity contribution in [1.82, 2.24) is 4.90 Å². The molecule has 2 aromatic rings. The second-order valence-corrected chi connectivity index (χ2v) is 6.07. The molecule has 24 heavy (non-hydrogen) atoms. The van der Waals surface area contributed by atoms with Gasteiger partial charge in [0.1, 0.15) is 11.6 Å². The summed E-state index contributed by atoms with van der Waals surface area (Å²) in [6.45, 7) is 2.19. The second kappa shape index (κ2) is 7.01. The lowest BCUT2D eigenvalue weighted by molar-refractivity contribution is 0.0695. The van der Waals surface area contributed by atoms with Crippen molar-refractivity contribution in [2.24, 2.45) is 0 Å². The minimum absolute atomic E-state index is 0.178. The van der Waals surface area contributed by atoms with E-state index in [1.54, 1.807) is 25.3 Å². The maximum atomic E-state index is 13.5. The number of aromatic carboxylic acids is 1. The van der Waals surface area contributed by atoms with Gasteiger partial charge < -0.3 is 9.84 Å². The number of carboxylic acids is 1. The first-order chi connectivity index (χ1) is 11.6. The van der Waals surface area contributed by atoms with Crippen LogP contribution in [0, 0.1) is 5.82 Å². The van der Waals surface area contributed by atoms with E-state index in [1.807, 2.05) is 12.1 Å². The number of hydrogen-bond donors (Lipinski definition) is 1. The van der Waals surface area contributed by atoms with Gasteiger partial charge >= 0.3 is 5.97 Å². The standard InChI is InChI=1S/C19H20FNO3/c1-24-18-7-6-15(20)10-14(18)12-21-9-8-13(11-21)16-4-2-3-5-17(16)19(22)23/h2-7,10,13H,8-9,11-12H2,1H3,(H,22,23)/t13-/m0/s1. The molecule has 0 radical (unpaired) electrons. The van der Waals surface area contributed by atoms with Crippen molar-refractivity contribution < 1.29 is 19.0 Å². The highest BCUT2D eigenvalue weighted by molar-refractivity contribution is 5.89. The van der Waals surface area contributed by atoms with Crippen molar-refractivity contribution in [3.63, 3.8) is 0 Å². The van der Waals surface area contributed by atoms with Gasteiger partial charge in [0.05, 0.1) is 12.7 Å².